The highest BCUT2D eigenvalue weighted by atomic mass is 35.6. The molecule has 0 saturated heterocycles. The summed E-state index contributed by atoms with van der Waals surface area (Å²) < 4.78 is -1.26. The lowest BCUT2D eigenvalue weighted by molar-refractivity contribution is 0.407. The van der Waals surface area contributed by atoms with Crippen molar-refractivity contribution in [1.29, 1.82) is 0 Å². The van der Waals surface area contributed by atoms with Crippen LogP contribution in [-0.2, 0) is 12.8 Å². The Bertz CT molecular complexity index is 1180. The molecule has 0 N–H and O–H groups in total. The fourth-order valence-electron chi connectivity index (χ4n) is 4.92. The summed E-state index contributed by atoms with van der Waals surface area (Å²) >= 11 is 19.3. The lowest BCUT2D eigenvalue weighted by Crippen LogP contribution is -2.29. The molecule has 0 aliphatic heterocycles. The summed E-state index contributed by atoms with van der Waals surface area (Å²) in [6.45, 7) is 0. The summed E-state index contributed by atoms with van der Waals surface area (Å²) in [6.07, 6.45) is 2.65. The molecule has 5 rings (SSSR count). The van der Waals surface area contributed by atoms with Crippen LogP contribution in [0, 0.1) is 5.92 Å². The van der Waals surface area contributed by atoms with Gasteiger partial charge in [0.15, 0.2) is 3.79 Å². The molecule has 2 unspecified atom stereocenters. The normalized spacial score (nSPS) is 19.4. The molecule has 0 spiro atoms. The Morgan fingerprint density at radius 1 is 0.724 bits per heavy atom. The van der Waals surface area contributed by atoms with Gasteiger partial charge in [0.2, 0.25) is 0 Å². The maximum absolute atomic E-state index is 6.42. The fraction of sp³-hybridized carbons (Fsp3) is 0.231. The van der Waals surface area contributed by atoms with Crippen molar-refractivity contribution >= 4 is 56.3 Å². The Labute approximate surface area is 186 Å². The van der Waals surface area contributed by atoms with Gasteiger partial charge in [-0.2, -0.15) is 0 Å². The SMILES string of the molecule is ClC(Cl)(Cl)C1Cc2c(ccc3c2ccc2ccccc23)C(Cc2ccccc2)C1. The molecule has 4 aromatic carbocycles. The summed E-state index contributed by atoms with van der Waals surface area (Å²) in [5.74, 6) is 0.350. The van der Waals surface area contributed by atoms with Crippen LogP contribution in [0.5, 0.6) is 0 Å². The Morgan fingerprint density at radius 2 is 1.45 bits per heavy atom. The molecule has 0 fully saturated rings. The van der Waals surface area contributed by atoms with Crippen LogP contribution in [0.3, 0.4) is 0 Å². The van der Waals surface area contributed by atoms with Crippen molar-refractivity contribution in [3.63, 3.8) is 0 Å². The van der Waals surface area contributed by atoms with E-state index in [1.54, 1.807) is 0 Å². The Balaban J connectivity index is 1.68. The first-order valence-corrected chi connectivity index (χ1v) is 11.2. The van der Waals surface area contributed by atoms with E-state index in [1.165, 1.54) is 38.2 Å². The maximum Gasteiger partial charge on any atom is 0.193 e. The minimum atomic E-state index is -1.26. The van der Waals surface area contributed by atoms with Gasteiger partial charge >= 0.3 is 0 Å². The lowest BCUT2D eigenvalue weighted by Gasteiger charge is -2.36. The van der Waals surface area contributed by atoms with Crippen LogP contribution in [0.2, 0.25) is 0 Å². The molecule has 1 aliphatic rings. The molecule has 0 amide bonds. The van der Waals surface area contributed by atoms with E-state index in [9.17, 15) is 0 Å². The van der Waals surface area contributed by atoms with E-state index in [4.69, 9.17) is 34.8 Å². The average Bonchev–Trinajstić information content (AvgIpc) is 2.73. The molecule has 0 saturated carbocycles. The minimum absolute atomic E-state index is 0.00535. The van der Waals surface area contributed by atoms with Crippen molar-refractivity contribution in [2.75, 3.05) is 0 Å². The third-order valence-electron chi connectivity index (χ3n) is 6.32. The molecule has 3 heteroatoms. The topological polar surface area (TPSA) is 0 Å². The predicted molar refractivity (Wildman–Crippen MR) is 126 cm³/mol. The van der Waals surface area contributed by atoms with E-state index in [-0.39, 0.29) is 5.92 Å². The second kappa shape index (κ2) is 7.51. The standard InChI is InChI=1S/C26H21Cl3/c27-26(28,29)20-15-19(14-17-6-2-1-3-7-17)22-12-13-23-21-9-5-4-8-18(21)10-11-24(23)25(22)16-20/h1-13,19-20H,14-16H2. The zero-order valence-corrected chi connectivity index (χ0v) is 18.2. The van der Waals surface area contributed by atoms with Crippen LogP contribution in [0.15, 0.2) is 78.9 Å². The van der Waals surface area contributed by atoms with Crippen LogP contribution < -0.4 is 0 Å². The van der Waals surface area contributed by atoms with Crippen molar-refractivity contribution in [1.82, 2.24) is 0 Å². The van der Waals surface area contributed by atoms with Crippen LogP contribution in [0.25, 0.3) is 21.5 Å². The number of fused-ring (bicyclic) bond motifs is 5. The number of alkyl halides is 3. The van der Waals surface area contributed by atoms with E-state index in [2.05, 4.69) is 78.9 Å². The molecule has 4 aromatic rings. The molecule has 0 bridgehead atoms. The smallest absolute Gasteiger partial charge is 0.0834 e. The number of hydrogen-bond donors (Lipinski definition) is 0. The van der Waals surface area contributed by atoms with Gasteiger partial charge in [0.25, 0.3) is 0 Å². The van der Waals surface area contributed by atoms with Crippen LogP contribution >= 0.6 is 34.8 Å². The van der Waals surface area contributed by atoms with Gasteiger partial charge in [-0.1, -0.05) is 114 Å². The fourth-order valence-corrected chi connectivity index (χ4v) is 5.42. The number of rotatable bonds is 2. The van der Waals surface area contributed by atoms with Gasteiger partial charge < -0.3 is 0 Å². The highest BCUT2D eigenvalue weighted by molar-refractivity contribution is 6.67. The zero-order valence-electron chi connectivity index (χ0n) is 15.9. The summed E-state index contributed by atoms with van der Waals surface area (Å²) in [5, 5.41) is 5.11. The van der Waals surface area contributed by atoms with Gasteiger partial charge in [-0.15, -0.1) is 0 Å². The maximum atomic E-state index is 6.42. The van der Waals surface area contributed by atoms with Gasteiger partial charge in [-0.25, -0.2) is 0 Å². The van der Waals surface area contributed by atoms with E-state index in [0.29, 0.717) is 5.92 Å². The van der Waals surface area contributed by atoms with E-state index >= 15 is 0 Å². The molecule has 0 aromatic heterocycles. The van der Waals surface area contributed by atoms with Crippen molar-refractivity contribution in [3.8, 4) is 0 Å². The van der Waals surface area contributed by atoms with Crippen LogP contribution in [0.1, 0.15) is 29.0 Å². The molecule has 0 nitrogen and oxygen atoms in total. The van der Waals surface area contributed by atoms with Crippen molar-refractivity contribution in [2.24, 2.45) is 5.92 Å². The third-order valence-corrected chi connectivity index (χ3v) is 7.25. The third kappa shape index (κ3) is 3.63. The zero-order chi connectivity index (χ0) is 20.0. The molecule has 0 heterocycles. The number of halogens is 3. The first-order valence-electron chi connectivity index (χ1n) is 10.0. The average molecular weight is 440 g/mol. The lowest BCUT2D eigenvalue weighted by atomic mass is 9.73. The molecule has 146 valence electrons. The summed E-state index contributed by atoms with van der Waals surface area (Å²) in [5.41, 5.74) is 4.07. The van der Waals surface area contributed by atoms with Crippen molar-refractivity contribution in [3.05, 3.63) is 95.6 Å². The predicted octanol–water partition coefficient (Wildman–Crippen LogP) is 8.25. The highest BCUT2D eigenvalue weighted by Crippen LogP contribution is 2.49. The first-order chi connectivity index (χ1) is 14.0. The molecule has 29 heavy (non-hydrogen) atoms. The minimum Gasteiger partial charge on any atom is -0.0834 e. The van der Waals surface area contributed by atoms with Gasteiger partial charge in [-0.05, 0) is 63.4 Å². The largest absolute Gasteiger partial charge is 0.193 e. The van der Waals surface area contributed by atoms with E-state index in [0.717, 1.165) is 19.3 Å². The first kappa shape index (κ1) is 19.2. The second-order valence-corrected chi connectivity index (χ2v) is 10.4. The Hall–Kier alpha value is -1.73. The molecule has 2 atom stereocenters. The molecular formula is C26H21Cl3. The number of benzene rings is 4. The molecule has 0 radical (unpaired) electrons. The van der Waals surface area contributed by atoms with Gasteiger partial charge in [0, 0.05) is 5.92 Å². The van der Waals surface area contributed by atoms with Gasteiger partial charge in [0.1, 0.15) is 0 Å². The Kier molecular flexibility index (Phi) is 4.98. The highest BCUT2D eigenvalue weighted by Gasteiger charge is 2.39. The number of hydrogen-bond acceptors (Lipinski definition) is 0. The summed E-state index contributed by atoms with van der Waals surface area (Å²) in [7, 11) is 0. The van der Waals surface area contributed by atoms with Gasteiger partial charge in [0.05, 0.1) is 0 Å². The summed E-state index contributed by atoms with van der Waals surface area (Å²) in [4.78, 5) is 0. The Morgan fingerprint density at radius 3 is 2.24 bits per heavy atom. The van der Waals surface area contributed by atoms with Crippen molar-refractivity contribution < 1.29 is 0 Å². The molecule has 1 aliphatic carbocycles. The molecular weight excluding hydrogens is 419 g/mol. The van der Waals surface area contributed by atoms with E-state index < -0.39 is 3.79 Å². The van der Waals surface area contributed by atoms with Gasteiger partial charge in [-0.3, -0.25) is 0 Å². The van der Waals surface area contributed by atoms with Crippen molar-refractivity contribution in [2.45, 2.75) is 29.0 Å². The van der Waals surface area contributed by atoms with Crippen LogP contribution in [-0.4, -0.2) is 3.79 Å². The quantitative estimate of drug-likeness (QED) is 0.218. The monoisotopic (exact) mass is 438 g/mol. The van der Waals surface area contributed by atoms with E-state index in [1.807, 2.05) is 0 Å². The van der Waals surface area contributed by atoms with Crippen LogP contribution in [0.4, 0.5) is 0 Å². The summed E-state index contributed by atoms with van der Waals surface area (Å²) in [6, 6.07) is 28.2. The second-order valence-electron chi connectivity index (χ2n) is 8.08.